The molecular formula is C21H24N4O4. The number of carbonyl (C=O) groups is 2. The van der Waals surface area contributed by atoms with Crippen LogP contribution in [0.2, 0.25) is 0 Å². The number of rotatable bonds is 5. The third kappa shape index (κ3) is 4.27. The molecule has 3 rings (SSSR count). The van der Waals surface area contributed by atoms with Crippen molar-refractivity contribution in [2.75, 3.05) is 32.1 Å². The van der Waals surface area contributed by atoms with E-state index in [4.69, 9.17) is 5.73 Å². The van der Waals surface area contributed by atoms with Crippen LogP contribution < -0.4 is 10.6 Å². The lowest BCUT2D eigenvalue weighted by Crippen LogP contribution is -2.46. The summed E-state index contributed by atoms with van der Waals surface area (Å²) in [6.45, 7) is 1.04. The number of nitro groups is 1. The molecule has 1 aliphatic rings. The van der Waals surface area contributed by atoms with Gasteiger partial charge in [0, 0.05) is 50.4 Å². The first-order chi connectivity index (χ1) is 13.8. The van der Waals surface area contributed by atoms with Gasteiger partial charge in [-0.2, -0.15) is 0 Å². The maximum Gasteiger partial charge on any atom is 0.293 e. The van der Waals surface area contributed by atoms with Crippen molar-refractivity contribution in [1.29, 1.82) is 0 Å². The fourth-order valence-corrected chi connectivity index (χ4v) is 3.58. The monoisotopic (exact) mass is 396 g/mol. The number of piperidine rings is 1. The number of hydrogen-bond donors (Lipinski definition) is 1. The molecule has 1 heterocycles. The predicted molar refractivity (Wildman–Crippen MR) is 110 cm³/mol. The number of benzene rings is 2. The van der Waals surface area contributed by atoms with Crippen LogP contribution >= 0.6 is 0 Å². The van der Waals surface area contributed by atoms with E-state index in [1.54, 1.807) is 60.3 Å². The molecule has 1 fully saturated rings. The molecule has 8 nitrogen and oxygen atoms in total. The molecule has 1 saturated heterocycles. The van der Waals surface area contributed by atoms with Crippen LogP contribution in [-0.2, 0) is 0 Å². The van der Waals surface area contributed by atoms with Crippen molar-refractivity contribution in [3.8, 4) is 0 Å². The number of carbonyl (C=O) groups excluding carboxylic acids is 2. The Labute approximate surface area is 169 Å². The first-order valence-electron chi connectivity index (χ1n) is 9.44. The zero-order valence-electron chi connectivity index (χ0n) is 16.5. The second kappa shape index (κ2) is 8.40. The number of likely N-dealkylation sites (tertiary alicyclic amines) is 1. The van der Waals surface area contributed by atoms with E-state index in [0.717, 1.165) is 12.8 Å². The molecule has 0 radical (unpaired) electrons. The maximum absolute atomic E-state index is 13.1. The summed E-state index contributed by atoms with van der Waals surface area (Å²) in [4.78, 5) is 40.4. The highest BCUT2D eigenvalue weighted by atomic mass is 16.6. The topological polar surface area (TPSA) is 110 Å². The Bertz CT molecular complexity index is 957. The lowest BCUT2D eigenvalue weighted by atomic mass is 9.96. The minimum Gasteiger partial charge on any atom is -0.372 e. The van der Waals surface area contributed by atoms with Crippen LogP contribution in [-0.4, -0.2) is 54.7 Å². The molecule has 0 aliphatic carbocycles. The van der Waals surface area contributed by atoms with E-state index in [9.17, 15) is 19.7 Å². The fraction of sp³-hybridized carbons (Fsp3) is 0.333. The second-order valence-corrected chi connectivity index (χ2v) is 7.38. The van der Waals surface area contributed by atoms with E-state index in [1.807, 2.05) is 0 Å². The van der Waals surface area contributed by atoms with Gasteiger partial charge in [0.15, 0.2) is 5.78 Å². The Kier molecular flexibility index (Phi) is 5.93. The van der Waals surface area contributed by atoms with E-state index in [1.165, 1.54) is 6.07 Å². The first kappa shape index (κ1) is 20.5. The fourth-order valence-electron chi connectivity index (χ4n) is 3.58. The summed E-state index contributed by atoms with van der Waals surface area (Å²) in [5.74, 6) is -0.674. The van der Waals surface area contributed by atoms with Crippen molar-refractivity contribution in [3.63, 3.8) is 0 Å². The number of anilines is 1. The quantitative estimate of drug-likeness (QED) is 0.472. The highest BCUT2D eigenvalue weighted by Crippen LogP contribution is 2.29. The van der Waals surface area contributed by atoms with E-state index in [2.05, 4.69) is 0 Å². The van der Waals surface area contributed by atoms with Crippen molar-refractivity contribution < 1.29 is 14.5 Å². The highest BCUT2D eigenvalue weighted by molar-refractivity contribution is 6.15. The first-order valence-corrected chi connectivity index (χ1v) is 9.44. The van der Waals surface area contributed by atoms with E-state index in [0.29, 0.717) is 18.8 Å². The Balaban J connectivity index is 1.98. The molecule has 1 aliphatic heterocycles. The van der Waals surface area contributed by atoms with Crippen LogP contribution in [0.3, 0.4) is 0 Å². The Morgan fingerprint density at radius 1 is 1.17 bits per heavy atom. The number of hydrogen-bond acceptors (Lipinski definition) is 6. The molecule has 2 aromatic carbocycles. The van der Waals surface area contributed by atoms with Crippen LogP contribution in [0, 0.1) is 10.1 Å². The van der Waals surface area contributed by atoms with Crippen LogP contribution in [0.15, 0.2) is 42.5 Å². The number of amides is 1. The molecule has 1 amide bonds. The number of ketones is 1. The van der Waals surface area contributed by atoms with Crippen LogP contribution in [0.5, 0.6) is 0 Å². The second-order valence-electron chi connectivity index (χ2n) is 7.38. The summed E-state index contributed by atoms with van der Waals surface area (Å²) in [7, 11) is 3.39. The van der Waals surface area contributed by atoms with Gasteiger partial charge in [-0.3, -0.25) is 19.7 Å². The van der Waals surface area contributed by atoms with E-state index >= 15 is 0 Å². The molecule has 8 heteroatoms. The van der Waals surface area contributed by atoms with Crippen molar-refractivity contribution in [2.24, 2.45) is 5.73 Å². The SMILES string of the molecule is CN(C)c1ccc(C(=O)c2ccccc2C(=O)N2CCCC(N)C2)cc1[N+](=O)[O-]. The molecule has 0 spiro atoms. The molecule has 1 unspecified atom stereocenters. The molecular weight excluding hydrogens is 372 g/mol. The smallest absolute Gasteiger partial charge is 0.293 e. The third-order valence-electron chi connectivity index (χ3n) is 5.06. The molecule has 0 saturated carbocycles. The minimum absolute atomic E-state index is 0.0724. The summed E-state index contributed by atoms with van der Waals surface area (Å²) in [5, 5.41) is 11.4. The van der Waals surface area contributed by atoms with Crippen molar-refractivity contribution in [2.45, 2.75) is 18.9 Å². The van der Waals surface area contributed by atoms with Gasteiger partial charge < -0.3 is 15.5 Å². The molecule has 2 N–H and O–H groups in total. The Morgan fingerprint density at radius 2 is 1.86 bits per heavy atom. The average molecular weight is 396 g/mol. The highest BCUT2D eigenvalue weighted by Gasteiger charge is 2.27. The molecule has 1 atom stereocenters. The van der Waals surface area contributed by atoms with Gasteiger partial charge in [-0.25, -0.2) is 0 Å². The van der Waals surface area contributed by atoms with Gasteiger partial charge >= 0.3 is 0 Å². The summed E-state index contributed by atoms with van der Waals surface area (Å²) >= 11 is 0. The minimum atomic E-state index is -0.516. The van der Waals surface area contributed by atoms with Gasteiger partial charge in [0.2, 0.25) is 0 Å². The average Bonchev–Trinajstić information content (AvgIpc) is 2.72. The largest absolute Gasteiger partial charge is 0.372 e. The predicted octanol–water partition coefficient (Wildman–Crippen LogP) is 2.46. The van der Waals surface area contributed by atoms with E-state index < -0.39 is 10.7 Å². The lowest BCUT2D eigenvalue weighted by molar-refractivity contribution is -0.384. The third-order valence-corrected chi connectivity index (χ3v) is 5.06. The Hall–Kier alpha value is -3.26. The number of nitro benzene ring substituents is 1. The van der Waals surface area contributed by atoms with Gasteiger partial charge in [-0.1, -0.05) is 18.2 Å². The lowest BCUT2D eigenvalue weighted by Gasteiger charge is -2.31. The molecule has 152 valence electrons. The number of nitrogens with zero attached hydrogens (tertiary/aromatic N) is 3. The van der Waals surface area contributed by atoms with Crippen molar-refractivity contribution in [3.05, 3.63) is 69.3 Å². The van der Waals surface area contributed by atoms with Crippen molar-refractivity contribution >= 4 is 23.1 Å². The van der Waals surface area contributed by atoms with Gasteiger partial charge in [0.05, 0.1) is 10.5 Å². The zero-order chi connectivity index (χ0) is 21.1. The normalized spacial score (nSPS) is 16.4. The van der Waals surface area contributed by atoms with Gasteiger partial charge in [0.1, 0.15) is 5.69 Å². The molecule has 0 bridgehead atoms. The summed E-state index contributed by atoms with van der Waals surface area (Å²) in [5.41, 5.74) is 6.90. The Morgan fingerprint density at radius 3 is 2.48 bits per heavy atom. The summed E-state index contributed by atoms with van der Waals surface area (Å²) < 4.78 is 0. The van der Waals surface area contributed by atoms with Crippen molar-refractivity contribution in [1.82, 2.24) is 4.90 Å². The van der Waals surface area contributed by atoms with Gasteiger partial charge in [-0.15, -0.1) is 0 Å². The van der Waals surface area contributed by atoms with Gasteiger partial charge in [0.25, 0.3) is 11.6 Å². The maximum atomic E-state index is 13.1. The standard InChI is InChI=1S/C21H24N4O4/c1-23(2)18-10-9-14(12-19(18)25(28)29)20(26)16-7-3-4-8-17(16)21(27)24-11-5-6-15(22)13-24/h3-4,7-10,12,15H,5-6,11,13,22H2,1-2H3. The zero-order valence-corrected chi connectivity index (χ0v) is 16.5. The molecule has 29 heavy (non-hydrogen) atoms. The van der Waals surface area contributed by atoms with Crippen LogP contribution in [0.25, 0.3) is 0 Å². The summed E-state index contributed by atoms with van der Waals surface area (Å²) in [6.07, 6.45) is 1.69. The van der Waals surface area contributed by atoms with Gasteiger partial charge in [-0.05, 0) is 31.0 Å². The molecule has 2 aromatic rings. The number of nitrogens with two attached hydrogens (primary N) is 1. The van der Waals surface area contributed by atoms with Crippen LogP contribution in [0.4, 0.5) is 11.4 Å². The van der Waals surface area contributed by atoms with Crippen LogP contribution in [0.1, 0.15) is 39.1 Å². The van der Waals surface area contributed by atoms with E-state index in [-0.39, 0.29) is 34.3 Å². The summed E-state index contributed by atoms with van der Waals surface area (Å²) in [6, 6.07) is 10.8. The molecule has 0 aromatic heterocycles.